The Kier molecular flexibility index (Phi) is 4.45. The van der Waals surface area contributed by atoms with Crippen molar-refractivity contribution in [3.05, 3.63) is 0 Å². The molecule has 1 heterocycles. The molecule has 0 radical (unpaired) electrons. The first-order valence-corrected chi connectivity index (χ1v) is 7.16. The van der Waals surface area contributed by atoms with Crippen molar-refractivity contribution in [2.75, 3.05) is 6.61 Å². The fraction of sp³-hybridized carbons (Fsp3) is 0.857. The second kappa shape index (κ2) is 5.90. The summed E-state index contributed by atoms with van der Waals surface area (Å²) < 4.78 is 5.97. The molecule has 2 fully saturated rings. The summed E-state index contributed by atoms with van der Waals surface area (Å²) in [6.07, 6.45) is 7.06. The average molecular weight is 269 g/mol. The Bertz CT molecular complexity index is 344. The highest BCUT2D eigenvalue weighted by atomic mass is 16.5. The summed E-state index contributed by atoms with van der Waals surface area (Å²) in [7, 11) is 0. The van der Waals surface area contributed by atoms with E-state index in [1.807, 2.05) is 0 Å². The van der Waals surface area contributed by atoms with Crippen molar-refractivity contribution in [1.29, 1.82) is 0 Å². The van der Waals surface area contributed by atoms with Gasteiger partial charge in [0.1, 0.15) is 6.04 Å². The summed E-state index contributed by atoms with van der Waals surface area (Å²) in [5.74, 6) is -1.24. The Labute approximate surface area is 113 Å². The Morgan fingerprint density at radius 1 is 1.32 bits per heavy atom. The van der Waals surface area contributed by atoms with E-state index >= 15 is 0 Å². The standard InChI is InChI=1S/C14H23NO4/c1-10(16)15-12(13(17)18)11-5-8-19-14(9-11)6-3-2-4-7-14/h11-12H,2-9H2,1H3,(H,15,16)(H,17,18). The van der Waals surface area contributed by atoms with Gasteiger partial charge in [-0.2, -0.15) is 0 Å². The molecule has 1 spiro atoms. The normalized spacial score (nSPS) is 27.7. The Morgan fingerprint density at radius 3 is 2.58 bits per heavy atom. The SMILES string of the molecule is CC(=O)NC(C(=O)O)C1CCOC2(CCCCC2)C1. The first kappa shape index (κ1) is 14.3. The number of amides is 1. The van der Waals surface area contributed by atoms with Crippen molar-refractivity contribution >= 4 is 11.9 Å². The van der Waals surface area contributed by atoms with Crippen molar-refractivity contribution < 1.29 is 19.4 Å². The van der Waals surface area contributed by atoms with Gasteiger partial charge in [0.05, 0.1) is 5.60 Å². The Balaban J connectivity index is 2.05. The number of hydrogen-bond acceptors (Lipinski definition) is 3. The molecule has 2 aliphatic rings. The van der Waals surface area contributed by atoms with Crippen molar-refractivity contribution in [3.8, 4) is 0 Å². The second-order valence-corrected chi connectivity index (χ2v) is 5.86. The van der Waals surface area contributed by atoms with Gasteiger partial charge in [0.2, 0.25) is 5.91 Å². The number of carbonyl (C=O) groups is 2. The van der Waals surface area contributed by atoms with E-state index in [0.717, 1.165) is 32.1 Å². The first-order chi connectivity index (χ1) is 9.02. The van der Waals surface area contributed by atoms with Crippen LogP contribution in [0.5, 0.6) is 0 Å². The monoisotopic (exact) mass is 269 g/mol. The largest absolute Gasteiger partial charge is 0.480 e. The minimum absolute atomic E-state index is 0.0201. The summed E-state index contributed by atoms with van der Waals surface area (Å²) in [5, 5.41) is 11.9. The lowest BCUT2D eigenvalue weighted by Gasteiger charge is -2.44. The molecule has 5 nitrogen and oxygen atoms in total. The van der Waals surface area contributed by atoms with E-state index in [-0.39, 0.29) is 17.4 Å². The van der Waals surface area contributed by atoms with Gasteiger partial charge >= 0.3 is 5.97 Å². The third kappa shape index (κ3) is 3.47. The van der Waals surface area contributed by atoms with Gasteiger partial charge in [0.15, 0.2) is 0 Å². The molecule has 1 saturated carbocycles. The number of rotatable bonds is 3. The van der Waals surface area contributed by atoms with Crippen LogP contribution in [0.15, 0.2) is 0 Å². The van der Waals surface area contributed by atoms with Crippen LogP contribution >= 0.6 is 0 Å². The molecule has 2 unspecified atom stereocenters. The van der Waals surface area contributed by atoms with Crippen molar-refractivity contribution in [2.45, 2.75) is 63.5 Å². The van der Waals surface area contributed by atoms with Crippen molar-refractivity contribution in [3.63, 3.8) is 0 Å². The van der Waals surface area contributed by atoms with Gasteiger partial charge in [-0.3, -0.25) is 4.79 Å². The van der Waals surface area contributed by atoms with Gasteiger partial charge in [-0.05, 0) is 31.6 Å². The minimum Gasteiger partial charge on any atom is -0.480 e. The van der Waals surface area contributed by atoms with E-state index in [1.165, 1.54) is 13.3 Å². The molecule has 0 aromatic carbocycles. The van der Waals surface area contributed by atoms with Crippen LogP contribution in [0.2, 0.25) is 0 Å². The van der Waals surface area contributed by atoms with Crippen LogP contribution in [0, 0.1) is 5.92 Å². The molecule has 1 aliphatic carbocycles. The predicted molar refractivity (Wildman–Crippen MR) is 69.7 cm³/mol. The molecular formula is C14H23NO4. The molecule has 5 heteroatoms. The number of carboxylic acid groups (broad SMARTS) is 1. The summed E-state index contributed by atoms with van der Waals surface area (Å²) in [6, 6.07) is -0.778. The summed E-state index contributed by atoms with van der Waals surface area (Å²) in [4.78, 5) is 22.5. The van der Waals surface area contributed by atoms with Gasteiger partial charge in [0.25, 0.3) is 0 Å². The average Bonchev–Trinajstić information content (AvgIpc) is 2.36. The van der Waals surface area contributed by atoms with Crippen molar-refractivity contribution in [1.82, 2.24) is 5.32 Å². The Morgan fingerprint density at radius 2 is 2.00 bits per heavy atom. The summed E-state index contributed by atoms with van der Waals surface area (Å²) in [5.41, 5.74) is -0.132. The molecular weight excluding hydrogens is 246 g/mol. The maximum atomic E-state index is 11.3. The maximum absolute atomic E-state index is 11.3. The third-order valence-corrected chi connectivity index (χ3v) is 4.39. The van der Waals surface area contributed by atoms with Crippen LogP contribution in [-0.4, -0.2) is 35.2 Å². The molecule has 0 bridgehead atoms. The molecule has 108 valence electrons. The smallest absolute Gasteiger partial charge is 0.326 e. The molecule has 0 aromatic rings. The van der Waals surface area contributed by atoms with E-state index in [2.05, 4.69) is 5.32 Å². The second-order valence-electron chi connectivity index (χ2n) is 5.86. The quantitative estimate of drug-likeness (QED) is 0.817. The fourth-order valence-corrected chi connectivity index (χ4v) is 3.49. The Hall–Kier alpha value is -1.10. The zero-order valence-electron chi connectivity index (χ0n) is 11.5. The topological polar surface area (TPSA) is 75.6 Å². The van der Waals surface area contributed by atoms with E-state index in [9.17, 15) is 14.7 Å². The lowest BCUT2D eigenvalue weighted by molar-refractivity contribution is -0.151. The first-order valence-electron chi connectivity index (χ1n) is 7.16. The fourth-order valence-electron chi connectivity index (χ4n) is 3.49. The van der Waals surface area contributed by atoms with Gasteiger partial charge in [-0.1, -0.05) is 19.3 Å². The summed E-state index contributed by atoms with van der Waals surface area (Å²) in [6.45, 7) is 1.97. The van der Waals surface area contributed by atoms with E-state index < -0.39 is 12.0 Å². The maximum Gasteiger partial charge on any atom is 0.326 e. The van der Waals surface area contributed by atoms with Crippen LogP contribution in [0.3, 0.4) is 0 Å². The highest BCUT2D eigenvalue weighted by molar-refractivity contribution is 5.82. The predicted octanol–water partition coefficient (Wildman–Crippen LogP) is 1.71. The van der Waals surface area contributed by atoms with Crippen LogP contribution < -0.4 is 5.32 Å². The zero-order valence-corrected chi connectivity index (χ0v) is 11.5. The molecule has 2 rings (SSSR count). The van der Waals surface area contributed by atoms with E-state index in [4.69, 9.17) is 4.74 Å². The number of nitrogens with one attached hydrogen (secondary N) is 1. The number of carbonyl (C=O) groups excluding carboxylic acids is 1. The van der Waals surface area contributed by atoms with Crippen LogP contribution in [0.4, 0.5) is 0 Å². The highest BCUT2D eigenvalue weighted by Gasteiger charge is 2.42. The molecule has 1 aliphatic heterocycles. The number of aliphatic carboxylic acids is 1. The third-order valence-electron chi connectivity index (χ3n) is 4.39. The number of carboxylic acids is 1. The molecule has 2 N–H and O–H groups in total. The lowest BCUT2D eigenvalue weighted by Crippen LogP contribution is -2.51. The van der Waals surface area contributed by atoms with E-state index in [1.54, 1.807) is 0 Å². The van der Waals surface area contributed by atoms with Gasteiger partial charge in [-0.15, -0.1) is 0 Å². The van der Waals surface area contributed by atoms with Gasteiger partial charge in [-0.25, -0.2) is 4.79 Å². The number of ether oxygens (including phenoxy) is 1. The van der Waals surface area contributed by atoms with Gasteiger partial charge in [0, 0.05) is 13.5 Å². The van der Waals surface area contributed by atoms with Crippen LogP contribution in [-0.2, 0) is 14.3 Å². The molecule has 1 amide bonds. The van der Waals surface area contributed by atoms with Gasteiger partial charge < -0.3 is 15.2 Å². The lowest BCUT2D eigenvalue weighted by atomic mass is 9.74. The molecule has 19 heavy (non-hydrogen) atoms. The summed E-state index contributed by atoms with van der Waals surface area (Å²) >= 11 is 0. The zero-order chi connectivity index (χ0) is 13.9. The van der Waals surface area contributed by atoms with Crippen LogP contribution in [0.1, 0.15) is 51.9 Å². The van der Waals surface area contributed by atoms with E-state index in [0.29, 0.717) is 13.0 Å². The number of hydrogen-bond donors (Lipinski definition) is 2. The minimum atomic E-state index is -0.937. The molecule has 1 saturated heterocycles. The molecule has 2 atom stereocenters. The van der Waals surface area contributed by atoms with Crippen molar-refractivity contribution in [2.24, 2.45) is 5.92 Å². The highest BCUT2D eigenvalue weighted by Crippen LogP contribution is 2.41. The van der Waals surface area contributed by atoms with Crippen LogP contribution in [0.25, 0.3) is 0 Å². The molecule has 0 aromatic heterocycles.